The van der Waals surface area contributed by atoms with Crippen molar-refractivity contribution in [2.75, 3.05) is 26.7 Å². The molecule has 0 aromatic heterocycles. The number of likely N-dealkylation sites (N-methyl/N-ethyl adjacent to an activating group) is 1. The van der Waals surface area contributed by atoms with Gasteiger partial charge in [-0.3, -0.25) is 9.89 Å². The zero-order valence-corrected chi connectivity index (χ0v) is 16.4. The zero-order valence-electron chi connectivity index (χ0n) is 16.4. The van der Waals surface area contributed by atoms with E-state index in [2.05, 4.69) is 66.4 Å². The molecule has 1 aliphatic rings. The summed E-state index contributed by atoms with van der Waals surface area (Å²) in [6.07, 6.45) is 2.73. The van der Waals surface area contributed by atoms with Crippen LogP contribution in [0.15, 0.2) is 23.2 Å². The molecule has 2 N–H and O–H groups in total. The molecular formula is C20H34N4O. The van der Waals surface area contributed by atoms with Crippen molar-refractivity contribution in [3.8, 4) is 5.75 Å². The Morgan fingerprint density at radius 1 is 1.36 bits per heavy atom. The van der Waals surface area contributed by atoms with Crippen LogP contribution in [0.1, 0.15) is 44.7 Å². The van der Waals surface area contributed by atoms with Gasteiger partial charge in [0.15, 0.2) is 5.96 Å². The Labute approximate surface area is 152 Å². The van der Waals surface area contributed by atoms with Crippen LogP contribution in [0.25, 0.3) is 0 Å². The second kappa shape index (κ2) is 9.66. The van der Waals surface area contributed by atoms with Gasteiger partial charge in [-0.2, -0.15) is 0 Å². The lowest BCUT2D eigenvalue weighted by molar-refractivity contribution is 0.239. The number of aryl methyl sites for hydroxylation is 1. The second-order valence-corrected chi connectivity index (χ2v) is 7.01. The molecular weight excluding hydrogens is 312 g/mol. The molecule has 1 aromatic rings. The normalized spacial score (nSPS) is 18.6. The molecule has 5 nitrogen and oxygen atoms in total. The van der Waals surface area contributed by atoms with Crippen LogP contribution in [0.3, 0.4) is 0 Å². The quantitative estimate of drug-likeness (QED) is 0.589. The van der Waals surface area contributed by atoms with Crippen molar-refractivity contribution in [2.24, 2.45) is 4.99 Å². The van der Waals surface area contributed by atoms with Gasteiger partial charge >= 0.3 is 0 Å². The average molecular weight is 347 g/mol. The number of nitrogens with one attached hydrogen (secondary N) is 2. The Bertz CT molecular complexity index is 571. The van der Waals surface area contributed by atoms with Crippen LogP contribution in [-0.4, -0.2) is 49.7 Å². The van der Waals surface area contributed by atoms with Gasteiger partial charge in [-0.05, 0) is 58.3 Å². The van der Waals surface area contributed by atoms with Crippen LogP contribution >= 0.6 is 0 Å². The van der Waals surface area contributed by atoms with Crippen LogP contribution < -0.4 is 15.4 Å². The number of guanidine groups is 1. The second-order valence-electron chi connectivity index (χ2n) is 7.01. The summed E-state index contributed by atoms with van der Waals surface area (Å²) in [6.45, 7) is 12.4. The Kier molecular flexibility index (Phi) is 7.56. The number of benzene rings is 1. The monoisotopic (exact) mass is 346 g/mol. The summed E-state index contributed by atoms with van der Waals surface area (Å²) in [7, 11) is 1.82. The lowest BCUT2D eigenvalue weighted by Crippen LogP contribution is -2.44. The molecule has 1 heterocycles. The van der Waals surface area contributed by atoms with E-state index in [9.17, 15) is 0 Å². The van der Waals surface area contributed by atoms with Crippen molar-refractivity contribution < 1.29 is 4.74 Å². The summed E-state index contributed by atoms with van der Waals surface area (Å²) < 4.78 is 5.96. The fourth-order valence-corrected chi connectivity index (χ4v) is 3.33. The third-order valence-corrected chi connectivity index (χ3v) is 4.67. The molecule has 140 valence electrons. The van der Waals surface area contributed by atoms with Crippen molar-refractivity contribution >= 4 is 5.96 Å². The van der Waals surface area contributed by atoms with Crippen molar-refractivity contribution in [2.45, 2.75) is 59.2 Å². The molecule has 0 amide bonds. The first kappa shape index (κ1) is 19.6. The molecule has 2 rings (SSSR count). The van der Waals surface area contributed by atoms with Crippen LogP contribution in [-0.2, 0) is 6.54 Å². The van der Waals surface area contributed by atoms with Crippen molar-refractivity contribution in [1.29, 1.82) is 0 Å². The van der Waals surface area contributed by atoms with Gasteiger partial charge in [0.05, 0.1) is 6.10 Å². The molecule has 25 heavy (non-hydrogen) atoms. The van der Waals surface area contributed by atoms with Gasteiger partial charge < -0.3 is 15.4 Å². The van der Waals surface area contributed by atoms with Crippen molar-refractivity contribution in [3.05, 3.63) is 29.3 Å². The highest BCUT2D eigenvalue weighted by molar-refractivity contribution is 5.79. The summed E-state index contributed by atoms with van der Waals surface area (Å²) in [4.78, 5) is 6.89. The fourth-order valence-electron chi connectivity index (χ4n) is 3.33. The van der Waals surface area contributed by atoms with Crippen molar-refractivity contribution in [1.82, 2.24) is 15.5 Å². The van der Waals surface area contributed by atoms with Gasteiger partial charge in [-0.15, -0.1) is 0 Å². The molecule has 1 saturated heterocycles. The summed E-state index contributed by atoms with van der Waals surface area (Å²) >= 11 is 0. The Balaban J connectivity index is 1.90. The number of nitrogens with zero attached hydrogens (tertiary/aromatic N) is 2. The van der Waals surface area contributed by atoms with E-state index in [1.165, 1.54) is 24.9 Å². The first-order valence-electron chi connectivity index (χ1n) is 9.48. The smallest absolute Gasteiger partial charge is 0.191 e. The minimum Gasteiger partial charge on any atom is -0.491 e. The van der Waals surface area contributed by atoms with Gasteiger partial charge in [0, 0.05) is 31.7 Å². The number of likely N-dealkylation sites (tertiary alicyclic amines) is 1. The molecule has 1 atom stereocenters. The molecule has 0 saturated carbocycles. The van der Waals surface area contributed by atoms with Crippen LogP contribution in [0.5, 0.6) is 5.75 Å². The van der Waals surface area contributed by atoms with E-state index in [1.807, 2.05) is 7.05 Å². The lowest BCUT2D eigenvalue weighted by atomic mass is 10.1. The first-order valence-corrected chi connectivity index (χ1v) is 9.48. The number of hydrogen-bond donors (Lipinski definition) is 2. The minimum absolute atomic E-state index is 0.167. The largest absolute Gasteiger partial charge is 0.491 e. The molecule has 0 bridgehead atoms. The molecule has 1 fully saturated rings. The number of ether oxygens (including phenoxy) is 1. The number of aliphatic imine (C=N–C) groups is 1. The zero-order chi connectivity index (χ0) is 18.2. The predicted molar refractivity (Wildman–Crippen MR) is 105 cm³/mol. The van der Waals surface area contributed by atoms with E-state index in [4.69, 9.17) is 4.74 Å². The molecule has 1 aliphatic heterocycles. The van der Waals surface area contributed by atoms with Gasteiger partial charge in [0.25, 0.3) is 0 Å². The summed E-state index contributed by atoms with van der Waals surface area (Å²) in [5.74, 6) is 1.80. The van der Waals surface area contributed by atoms with E-state index >= 15 is 0 Å². The maximum atomic E-state index is 5.96. The molecule has 1 unspecified atom stereocenters. The SMILES string of the molecule is CCN1CCCC1CNC(=NC)NCc1ccc(C)cc1OC(C)C. The minimum atomic E-state index is 0.167. The Hall–Kier alpha value is -1.75. The highest BCUT2D eigenvalue weighted by atomic mass is 16.5. The van der Waals surface area contributed by atoms with Gasteiger partial charge in [0.1, 0.15) is 5.75 Å². The van der Waals surface area contributed by atoms with E-state index in [0.717, 1.165) is 30.4 Å². The maximum absolute atomic E-state index is 5.96. The van der Waals surface area contributed by atoms with E-state index < -0.39 is 0 Å². The number of hydrogen-bond acceptors (Lipinski definition) is 3. The third-order valence-electron chi connectivity index (χ3n) is 4.67. The van der Waals surface area contributed by atoms with E-state index in [1.54, 1.807) is 0 Å². The predicted octanol–water partition coefficient (Wildman–Crippen LogP) is 2.93. The Morgan fingerprint density at radius 2 is 2.16 bits per heavy atom. The van der Waals surface area contributed by atoms with E-state index in [0.29, 0.717) is 12.6 Å². The standard InChI is InChI=1S/C20H34N4O/c1-6-24-11-7-8-18(24)14-23-20(21-5)22-13-17-10-9-16(4)12-19(17)25-15(2)3/h9-10,12,15,18H,6-8,11,13-14H2,1-5H3,(H2,21,22,23). The molecule has 0 spiro atoms. The fraction of sp³-hybridized carbons (Fsp3) is 0.650. The van der Waals surface area contributed by atoms with Gasteiger partial charge in [0.2, 0.25) is 0 Å². The lowest BCUT2D eigenvalue weighted by Gasteiger charge is -2.24. The number of rotatable bonds is 7. The first-order chi connectivity index (χ1) is 12.0. The summed E-state index contributed by atoms with van der Waals surface area (Å²) in [5.41, 5.74) is 2.36. The average Bonchev–Trinajstić information content (AvgIpc) is 3.03. The van der Waals surface area contributed by atoms with Crippen LogP contribution in [0, 0.1) is 6.92 Å². The Morgan fingerprint density at radius 3 is 2.84 bits per heavy atom. The van der Waals surface area contributed by atoms with Gasteiger partial charge in [-0.1, -0.05) is 19.1 Å². The van der Waals surface area contributed by atoms with Crippen molar-refractivity contribution in [3.63, 3.8) is 0 Å². The third kappa shape index (κ3) is 5.92. The topological polar surface area (TPSA) is 48.9 Å². The van der Waals surface area contributed by atoms with Crippen LogP contribution in [0.4, 0.5) is 0 Å². The van der Waals surface area contributed by atoms with E-state index in [-0.39, 0.29) is 6.10 Å². The highest BCUT2D eigenvalue weighted by Gasteiger charge is 2.22. The maximum Gasteiger partial charge on any atom is 0.191 e. The molecule has 0 aliphatic carbocycles. The van der Waals surface area contributed by atoms with Gasteiger partial charge in [-0.25, -0.2) is 0 Å². The summed E-state index contributed by atoms with van der Waals surface area (Å²) in [5, 5.41) is 6.89. The highest BCUT2D eigenvalue weighted by Crippen LogP contribution is 2.21. The van der Waals surface area contributed by atoms with Crippen LogP contribution in [0.2, 0.25) is 0 Å². The molecule has 5 heteroatoms. The molecule has 0 radical (unpaired) electrons. The molecule has 1 aromatic carbocycles. The summed E-state index contributed by atoms with van der Waals surface area (Å²) in [6, 6.07) is 6.97.